The molecule has 0 aliphatic rings. The molecule has 1 aromatic heterocycles. The van der Waals surface area contributed by atoms with Crippen LogP contribution in [0.1, 0.15) is 30.2 Å². The first-order valence-electron chi connectivity index (χ1n) is 9.84. The van der Waals surface area contributed by atoms with Crippen molar-refractivity contribution in [3.05, 3.63) is 77.5 Å². The largest absolute Gasteiger partial charge is 0.450 e. The number of para-hydroxylation sites is 1. The van der Waals surface area contributed by atoms with Gasteiger partial charge in [-0.15, -0.1) is 0 Å². The van der Waals surface area contributed by atoms with Gasteiger partial charge in [-0.05, 0) is 56.0 Å². The van der Waals surface area contributed by atoms with Crippen molar-refractivity contribution in [3.8, 4) is 16.9 Å². The summed E-state index contributed by atoms with van der Waals surface area (Å²) in [6.07, 6.45) is 1.23. The van der Waals surface area contributed by atoms with Gasteiger partial charge in [0.05, 0.1) is 12.3 Å². The third-order valence-corrected chi connectivity index (χ3v) is 4.81. The molecule has 0 saturated carbocycles. The number of alkyl carbamates (subject to hydrolysis) is 1. The Morgan fingerprint density at radius 2 is 1.75 bits per heavy atom. The van der Waals surface area contributed by atoms with E-state index >= 15 is 0 Å². The predicted octanol–water partition coefficient (Wildman–Crippen LogP) is 5.44. The van der Waals surface area contributed by atoms with Gasteiger partial charge in [-0.2, -0.15) is 0 Å². The summed E-state index contributed by atoms with van der Waals surface area (Å²) in [6.45, 7) is 7.22. The molecular formula is C24H28N2O2. The fourth-order valence-corrected chi connectivity index (χ4v) is 3.30. The van der Waals surface area contributed by atoms with Crippen molar-refractivity contribution in [1.82, 2.24) is 9.88 Å². The Kier molecular flexibility index (Phi) is 6.53. The molecule has 146 valence electrons. The molecule has 0 aliphatic carbocycles. The molecule has 1 heterocycles. The standard InChI is InChI=1S/C24H28N2O2/c1-4-16-28-24(27)25-15-14-21-17-23(20-12-10-18(2)11-13-20)26(19(21)3)22-8-6-5-7-9-22/h5-13,17H,4,14-16H2,1-3H3,(H,25,27). The van der Waals surface area contributed by atoms with Crippen LogP contribution in [0.25, 0.3) is 16.9 Å². The van der Waals surface area contributed by atoms with Crippen molar-refractivity contribution in [3.63, 3.8) is 0 Å². The molecule has 4 heteroatoms. The summed E-state index contributed by atoms with van der Waals surface area (Å²) in [6, 6.07) is 21.2. The summed E-state index contributed by atoms with van der Waals surface area (Å²) < 4.78 is 7.37. The monoisotopic (exact) mass is 376 g/mol. The molecule has 1 N–H and O–H groups in total. The second-order valence-corrected chi connectivity index (χ2v) is 6.99. The van der Waals surface area contributed by atoms with Gasteiger partial charge in [0, 0.05) is 17.9 Å². The molecule has 0 radical (unpaired) electrons. The third-order valence-electron chi connectivity index (χ3n) is 4.81. The van der Waals surface area contributed by atoms with Crippen LogP contribution in [0.2, 0.25) is 0 Å². The first kappa shape index (κ1) is 19.7. The Morgan fingerprint density at radius 3 is 2.43 bits per heavy atom. The average molecular weight is 377 g/mol. The van der Waals surface area contributed by atoms with Crippen LogP contribution in [0.15, 0.2) is 60.7 Å². The van der Waals surface area contributed by atoms with Crippen LogP contribution in [0, 0.1) is 13.8 Å². The number of carbonyl (C=O) groups excluding carboxylic acids is 1. The molecule has 0 unspecified atom stereocenters. The maximum absolute atomic E-state index is 11.7. The maximum atomic E-state index is 11.7. The highest BCUT2D eigenvalue weighted by atomic mass is 16.5. The molecular weight excluding hydrogens is 348 g/mol. The molecule has 0 atom stereocenters. The number of aryl methyl sites for hydroxylation is 1. The van der Waals surface area contributed by atoms with Crippen molar-refractivity contribution in [2.75, 3.05) is 13.2 Å². The van der Waals surface area contributed by atoms with E-state index in [9.17, 15) is 4.79 Å². The summed E-state index contributed by atoms with van der Waals surface area (Å²) in [5.74, 6) is 0. The first-order valence-corrected chi connectivity index (χ1v) is 9.84. The van der Waals surface area contributed by atoms with Crippen LogP contribution >= 0.6 is 0 Å². The van der Waals surface area contributed by atoms with Gasteiger partial charge in [-0.3, -0.25) is 0 Å². The average Bonchev–Trinajstić information content (AvgIpc) is 3.04. The number of hydrogen-bond donors (Lipinski definition) is 1. The highest BCUT2D eigenvalue weighted by Gasteiger charge is 2.15. The fraction of sp³-hybridized carbons (Fsp3) is 0.292. The Bertz CT molecular complexity index is 912. The summed E-state index contributed by atoms with van der Waals surface area (Å²) in [7, 11) is 0. The van der Waals surface area contributed by atoms with Gasteiger partial charge in [0.25, 0.3) is 0 Å². The van der Waals surface area contributed by atoms with E-state index in [4.69, 9.17) is 4.74 Å². The molecule has 28 heavy (non-hydrogen) atoms. The minimum atomic E-state index is -0.347. The van der Waals surface area contributed by atoms with Crippen LogP contribution in [0.3, 0.4) is 0 Å². The van der Waals surface area contributed by atoms with Crippen LogP contribution in [-0.4, -0.2) is 23.8 Å². The number of hydrogen-bond acceptors (Lipinski definition) is 2. The van der Waals surface area contributed by atoms with Gasteiger partial charge in [-0.25, -0.2) is 4.79 Å². The quantitative estimate of drug-likeness (QED) is 0.597. The topological polar surface area (TPSA) is 43.3 Å². The van der Waals surface area contributed by atoms with Gasteiger partial charge in [0.15, 0.2) is 0 Å². The lowest BCUT2D eigenvalue weighted by Crippen LogP contribution is -2.26. The third kappa shape index (κ3) is 4.63. The SMILES string of the molecule is CCCOC(=O)NCCc1cc(-c2ccc(C)cc2)n(-c2ccccc2)c1C. The van der Waals surface area contributed by atoms with Crippen LogP contribution in [0.5, 0.6) is 0 Å². The zero-order valence-electron chi connectivity index (χ0n) is 16.9. The van der Waals surface area contributed by atoms with E-state index in [0.29, 0.717) is 13.2 Å². The molecule has 0 bridgehead atoms. The lowest BCUT2D eigenvalue weighted by Gasteiger charge is -2.12. The van der Waals surface area contributed by atoms with E-state index < -0.39 is 0 Å². The number of nitrogens with zero attached hydrogens (tertiary/aromatic N) is 1. The molecule has 4 nitrogen and oxygen atoms in total. The van der Waals surface area contributed by atoms with Crippen molar-refractivity contribution in [2.45, 2.75) is 33.6 Å². The summed E-state index contributed by atoms with van der Waals surface area (Å²) >= 11 is 0. The second kappa shape index (κ2) is 9.27. The second-order valence-electron chi connectivity index (χ2n) is 6.99. The molecule has 0 saturated heterocycles. The van der Waals surface area contributed by atoms with E-state index in [1.54, 1.807) is 0 Å². The number of aromatic nitrogens is 1. The number of ether oxygens (including phenoxy) is 1. The highest BCUT2D eigenvalue weighted by Crippen LogP contribution is 2.30. The molecule has 1 amide bonds. The Labute approximate surface area is 167 Å². The van der Waals surface area contributed by atoms with Crippen LogP contribution in [0.4, 0.5) is 4.79 Å². The van der Waals surface area contributed by atoms with Gasteiger partial charge in [0.1, 0.15) is 0 Å². The molecule has 0 fully saturated rings. The Hall–Kier alpha value is -3.01. The van der Waals surface area contributed by atoms with Gasteiger partial charge in [-0.1, -0.05) is 55.0 Å². The minimum Gasteiger partial charge on any atom is -0.450 e. The molecule has 3 rings (SSSR count). The number of nitrogens with one attached hydrogen (secondary N) is 1. The lowest BCUT2D eigenvalue weighted by atomic mass is 10.1. The van der Waals surface area contributed by atoms with E-state index in [1.807, 2.05) is 13.0 Å². The maximum Gasteiger partial charge on any atom is 0.407 e. The van der Waals surface area contributed by atoms with E-state index in [1.165, 1.54) is 22.4 Å². The highest BCUT2D eigenvalue weighted by molar-refractivity contribution is 5.68. The fourth-order valence-electron chi connectivity index (χ4n) is 3.30. The molecule has 2 aromatic carbocycles. The summed E-state index contributed by atoms with van der Waals surface area (Å²) in [5.41, 5.74) is 7.12. The summed E-state index contributed by atoms with van der Waals surface area (Å²) in [5, 5.41) is 2.84. The van der Waals surface area contributed by atoms with E-state index in [0.717, 1.165) is 24.2 Å². The normalized spacial score (nSPS) is 10.7. The first-order chi connectivity index (χ1) is 13.6. The van der Waals surface area contributed by atoms with Crippen molar-refractivity contribution in [1.29, 1.82) is 0 Å². The number of benzene rings is 2. The molecule has 0 spiro atoms. The number of rotatable bonds is 7. The van der Waals surface area contributed by atoms with Crippen molar-refractivity contribution >= 4 is 6.09 Å². The Balaban J connectivity index is 1.88. The van der Waals surface area contributed by atoms with Crippen molar-refractivity contribution < 1.29 is 9.53 Å². The van der Waals surface area contributed by atoms with Gasteiger partial charge < -0.3 is 14.6 Å². The molecule has 3 aromatic rings. The minimum absolute atomic E-state index is 0.347. The zero-order chi connectivity index (χ0) is 19.9. The summed E-state index contributed by atoms with van der Waals surface area (Å²) in [4.78, 5) is 11.7. The van der Waals surface area contributed by atoms with Gasteiger partial charge >= 0.3 is 6.09 Å². The van der Waals surface area contributed by atoms with E-state index in [2.05, 4.69) is 78.3 Å². The van der Waals surface area contributed by atoms with Crippen LogP contribution in [-0.2, 0) is 11.2 Å². The van der Waals surface area contributed by atoms with Crippen molar-refractivity contribution in [2.24, 2.45) is 0 Å². The lowest BCUT2D eigenvalue weighted by molar-refractivity contribution is 0.146. The van der Waals surface area contributed by atoms with Crippen LogP contribution < -0.4 is 5.32 Å². The number of carbonyl (C=O) groups is 1. The Morgan fingerprint density at radius 1 is 1.04 bits per heavy atom. The predicted molar refractivity (Wildman–Crippen MR) is 114 cm³/mol. The molecule has 0 aliphatic heterocycles. The number of amides is 1. The zero-order valence-corrected chi connectivity index (χ0v) is 16.9. The van der Waals surface area contributed by atoms with Gasteiger partial charge in [0.2, 0.25) is 0 Å². The smallest absolute Gasteiger partial charge is 0.407 e. The van der Waals surface area contributed by atoms with E-state index in [-0.39, 0.29) is 6.09 Å².